The lowest BCUT2D eigenvalue weighted by Crippen LogP contribution is -1.67. The molecule has 0 spiro atoms. The van der Waals surface area contributed by atoms with Gasteiger partial charge >= 0.3 is 0 Å². The van der Waals surface area contributed by atoms with Gasteiger partial charge in [-0.1, -0.05) is 36.4 Å². The quantitative estimate of drug-likeness (QED) is 0.508. The maximum atomic E-state index is 3.69. The second kappa shape index (κ2) is 4.74. The lowest BCUT2D eigenvalue weighted by molar-refractivity contribution is 1.66. The first-order chi connectivity index (χ1) is 5.43. The van der Waals surface area contributed by atoms with E-state index < -0.39 is 0 Å². The zero-order valence-corrected chi connectivity index (χ0v) is 6.91. The normalized spacial score (nSPS) is 11.4. The first-order valence-corrected chi connectivity index (χ1v) is 3.72. The van der Waals surface area contributed by atoms with Crippen molar-refractivity contribution in [3.8, 4) is 0 Å². The predicted octanol–water partition coefficient (Wildman–Crippen LogP) is 2.62. The Morgan fingerprint density at radius 2 is 1.91 bits per heavy atom. The van der Waals surface area contributed by atoms with E-state index in [1.807, 2.05) is 42.5 Å². The van der Waals surface area contributed by atoms with Crippen molar-refractivity contribution in [2.75, 3.05) is 0 Å². The minimum absolute atomic E-state index is 1.17. The first-order valence-electron chi connectivity index (χ1n) is 3.32. The van der Waals surface area contributed by atoms with Crippen LogP contribution in [0.3, 0.4) is 0 Å². The van der Waals surface area contributed by atoms with Crippen LogP contribution < -0.4 is 0 Å². The van der Waals surface area contributed by atoms with Crippen LogP contribution >= 0.6 is 12.8 Å². The van der Waals surface area contributed by atoms with Crippen LogP contribution in [0.25, 0.3) is 6.08 Å². The van der Waals surface area contributed by atoms with Gasteiger partial charge in [0.05, 0.1) is 0 Å². The maximum absolute atomic E-state index is 3.69. The number of hydrogen-bond donors (Lipinski definition) is 1. The third-order valence-electron chi connectivity index (χ3n) is 1.24. The Bertz CT molecular complexity index is 252. The highest BCUT2D eigenvalue weighted by atomic mass is 32.1. The van der Waals surface area contributed by atoms with Crippen LogP contribution in [-0.4, -0.2) is 6.21 Å². The summed E-state index contributed by atoms with van der Waals surface area (Å²) in [5.74, 6) is 0. The van der Waals surface area contributed by atoms with Crippen molar-refractivity contribution in [3.05, 3.63) is 42.0 Å². The molecule has 0 radical (unpaired) electrons. The Labute approximate surface area is 72.0 Å². The molecule has 0 atom stereocenters. The Kier molecular flexibility index (Phi) is 3.48. The largest absolute Gasteiger partial charge is 0.228 e. The van der Waals surface area contributed by atoms with Gasteiger partial charge in [0.1, 0.15) is 0 Å². The topological polar surface area (TPSA) is 12.4 Å². The fourth-order valence-corrected chi connectivity index (χ4v) is 0.834. The van der Waals surface area contributed by atoms with E-state index in [4.69, 9.17) is 0 Å². The molecule has 0 fully saturated rings. The van der Waals surface area contributed by atoms with E-state index in [1.165, 1.54) is 5.56 Å². The Balaban J connectivity index is 2.64. The molecule has 0 aliphatic carbocycles. The molecule has 0 unspecified atom stereocenters. The average Bonchev–Trinajstić information content (AvgIpc) is 2.07. The van der Waals surface area contributed by atoms with Gasteiger partial charge in [0.25, 0.3) is 0 Å². The Morgan fingerprint density at radius 1 is 1.18 bits per heavy atom. The molecule has 1 nitrogen and oxygen atoms in total. The van der Waals surface area contributed by atoms with Crippen molar-refractivity contribution in [1.82, 2.24) is 0 Å². The molecule has 56 valence electrons. The fraction of sp³-hybridized carbons (Fsp3) is 0. The molecule has 0 aromatic heterocycles. The summed E-state index contributed by atoms with van der Waals surface area (Å²) < 4.78 is 3.53. The molecule has 0 saturated carbocycles. The van der Waals surface area contributed by atoms with Gasteiger partial charge in [-0.3, -0.25) is 0 Å². The van der Waals surface area contributed by atoms with Crippen molar-refractivity contribution in [2.45, 2.75) is 0 Å². The highest BCUT2D eigenvalue weighted by molar-refractivity contribution is 7.78. The predicted molar refractivity (Wildman–Crippen MR) is 53.0 cm³/mol. The van der Waals surface area contributed by atoms with E-state index in [2.05, 4.69) is 17.2 Å². The molecule has 0 aliphatic rings. The minimum Gasteiger partial charge on any atom is -0.228 e. The van der Waals surface area contributed by atoms with Gasteiger partial charge in [0, 0.05) is 6.21 Å². The number of thiol groups is 1. The summed E-state index contributed by atoms with van der Waals surface area (Å²) in [6.07, 6.45) is 5.46. The lowest BCUT2D eigenvalue weighted by atomic mass is 10.2. The monoisotopic (exact) mass is 163 g/mol. The minimum atomic E-state index is 1.17. The van der Waals surface area contributed by atoms with Crippen LogP contribution in [-0.2, 0) is 0 Å². The Morgan fingerprint density at radius 3 is 2.55 bits per heavy atom. The molecule has 0 saturated heterocycles. The van der Waals surface area contributed by atoms with Crippen LogP contribution in [0.2, 0.25) is 0 Å². The van der Waals surface area contributed by atoms with Crippen LogP contribution in [0.15, 0.2) is 40.8 Å². The van der Waals surface area contributed by atoms with Gasteiger partial charge < -0.3 is 0 Å². The van der Waals surface area contributed by atoms with Crippen molar-refractivity contribution in [2.24, 2.45) is 4.40 Å². The van der Waals surface area contributed by atoms with Gasteiger partial charge in [-0.25, -0.2) is 4.40 Å². The molecule has 0 heterocycles. The molecule has 1 aromatic carbocycles. The highest BCUT2D eigenvalue weighted by Crippen LogP contribution is 1.99. The fourth-order valence-electron chi connectivity index (χ4n) is 0.757. The highest BCUT2D eigenvalue weighted by Gasteiger charge is 1.78. The molecule has 0 aliphatic heterocycles. The molecule has 1 rings (SSSR count). The van der Waals surface area contributed by atoms with Crippen LogP contribution in [0.4, 0.5) is 0 Å². The summed E-state index contributed by atoms with van der Waals surface area (Å²) in [4.78, 5) is 0. The van der Waals surface area contributed by atoms with E-state index in [0.29, 0.717) is 0 Å². The van der Waals surface area contributed by atoms with E-state index in [9.17, 15) is 0 Å². The number of rotatable bonds is 2. The zero-order valence-electron chi connectivity index (χ0n) is 6.01. The summed E-state index contributed by atoms with van der Waals surface area (Å²) in [6.45, 7) is 0. The Hall–Kier alpha value is -1.02. The maximum Gasteiger partial charge on any atom is 0.0348 e. The molecular formula is C9H9NS. The smallest absolute Gasteiger partial charge is 0.0348 e. The average molecular weight is 163 g/mol. The molecular weight excluding hydrogens is 154 g/mol. The second-order valence-electron chi connectivity index (χ2n) is 2.03. The van der Waals surface area contributed by atoms with E-state index in [-0.39, 0.29) is 0 Å². The third-order valence-corrected chi connectivity index (χ3v) is 1.37. The van der Waals surface area contributed by atoms with Crippen LogP contribution in [0.1, 0.15) is 5.56 Å². The van der Waals surface area contributed by atoms with Crippen LogP contribution in [0.5, 0.6) is 0 Å². The summed E-state index contributed by atoms with van der Waals surface area (Å²) in [7, 11) is 0. The molecule has 0 amide bonds. The molecule has 0 N–H and O–H groups in total. The second-order valence-corrected chi connectivity index (χ2v) is 2.27. The SMILES string of the molecule is SN=C/C=C/c1ccccc1. The summed E-state index contributed by atoms with van der Waals surface area (Å²) in [5.41, 5.74) is 1.17. The van der Waals surface area contributed by atoms with Crippen LogP contribution in [0, 0.1) is 0 Å². The van der Waals surface area contributed by atoms with E-state index in [0.717, 1.165) is 0 Å². The zero-order chi connectivity index (χ0) is 7.94. The molecule has 11 heavy (non-hydrogen) atoms. The van der Waals surface area contributed by atoms with Gasteiger partial charge in [-0.15, -0.1) is 0 Å². The van der Waals surface area contributed by atoms with Gasteiger partial charge in [0.2, 0.25) is 0 Å². The summed E-state index contributed by atoms with van der Waals surface area (Å²) in [5, 5.41) is 0. The molecule has 1 aromatic rings. The summed E-state index contributed by atoms with van der Waals surface area (Å²) in [6, 6.07) is 10.0. The summed E-state index contributed by atoms with van der Waals surface area (Å²) >= 11 is 3.69. The molecule has 0 bridgehead atoms. The van der Waals surface area contributed by atoms with Crippen molar-refractivity contribution in [3.63, 3.8) is 0 Å². The van der Waals surface area contributed by atoms with Gasteiger partial charge in [-0.05, 0) is 24.5 Å². The van der Waals surface area contributed by atoms with Gasteiger partial charge in [-0.2, -0.15) is 0 Å². The lowest BCUT2D eigenvalue weighted by Gasteiger charge is -1.87. The standard InChI is InChI=1S/C9H9NS/c11-10-8-4-7-9-5-2-1-3-6-9/h1-8,11H/b7-4+,10-8?. The van der Waals surface area contributed by atoms with E-state index in [1.54, 1.807) is 6.21 Å². The van der Waals surface area contributed by atoms with Crippen molar-refractivity contribution >= 4 is 25.1 Å². The van der Waals surface area contributed by atoms with Gasteiger partial charge in [0.15, 0.2) is 0 Å². The van der Waals surface area contributed by atoms with Crippen molar-refractivity contribution < 1.29 is 0 Å². The third kappa shape index (κ3) is 3.05. The number of hydrogen-bond acceptors (Lipinski definition) is 2. The number of allylic oxidation sites excluding steroid dienone is 1. The van der Waals surface area contributed by atoms with Crippen molar-refractivity contribution in [1.29, 1.82) is 0 Å². The number of benzene rings is 1. The van der Waals surface area contributed by atoms with E-state index >= 15 is 0 Å². The molecule has 2 heteroatoms. The first kappa shape index (κ1) is 8.08. The number of nitrogens with zero attached hydrogens (tertiary/aromatic N) is 1.